The molecule has 4 aliphatic carbocycles. The van der Waals surface area contributed by atoms with Crippen molar-refractivity contribution in [2.24, 2.45) is 51.2 Å². The molecule has 1 N–H and O–H groups in total. The largest absolute Gasteiger partial charge is 0.491 e. The van der Waals surface area contributed by atoms with Crippen LogP contribution in [0.4, 0.5) is 8.78 Å². The van der Waals surface area contributed by atoms with E-state index in [-0.39, 0.29) is 34.5 Å². The van der Waals surface area contributed by atoms with E-state index in [2.05, 4.69) is 41.2 Å². The quantitative estimate of drug-likeness (QED) is 0.118. The van der Waals surface area contributed by atoms with E-state index in [1.54, 1.807) is 20.8 Å². The number of fused-ring (bicyclic) bond motifs is 5. The Balaban J connectivity index is 1.61. The fourth-order valence-corrected chi connectivity index (χ4v) is 11.6. The monoisotopic (exact) mass is 738 g/mol. The van der Waals surface area contributed by atoms with Crippen LogP contribution in [0.25, 0.3) is 5.57 Å². The summed E-state index contributed by atoms with van der Waals surface area (Å²) in [4.78, 5) is 27.0. The lowest BCUT2D eigenvalue weighted by Crippen LogP contribution is -2.65. The summed E-state index contributed by atoms with van der Waals surface area (Å²) in [5, 5.41) is 12.4. The topological polar surface area (TPSA) is 82.1 Å². The second kappa shape index (κ2) is 14.9. The van der Waals surface area contributed by atoms with Gasteiger partial charge < -0.3 is 19.3 Å². The summed E-state index contributed by atoms with van der Waals surface area (Å²) < 4.78 is 46.6. The van der Waals surface area contributed by atoms with Gasteiger partial charge in [0.1, 0.15) is 17.7 Å². The van der Waals surface area contributed by atoms with Crippen LogP contribution < -0.4 is 0 Å². The zero-order valence-electron chi connectivity index (χ0n) is 34.1. The van der Waals surface area contributed by atoms with Crippen LogP contribution in [-0.2, 0) is 23.8 Å². The molecule has 6 nitrogen and oxygen atoms in total. The highest BCUT2D eigenvalue weighted by atomic mass is 19.1. The van der Waals surface area contributed by atoms with E-state index in [1.807, 2.05) is 20.8 Å². The molecular formula is C45H64F2O6. The molecule has 1 aromatic carbocycles. The molecule has 5 rings (SSSR count). The Morgan fingerprint density at radius 1 is 0.943 bits per heavy atom. The maximum atomic E-state index is 14.5. The van der Waals surface area contributed by atoms with Gasteiger partial charge in [0.25, 0.3) is 0 Å². The van der Waals surface area contributed by atoms with E-state index >= 15 is 0 Å². The number of halogens is 2. The minimum absolute atomic E-state index is 0.0131. The number of ether oxygens (including phenoxy) is 3. The average molecular weight is 739 g/mol. The Morgan fingerprint density at radius 2 is 1.58 bits per heavy atom. The smallest absolute Gasteiger partial charge is 0.336 e. The zero-order chi connectivity index (χ0) is 39.4. The van der Waals surface area contributed by atoms with Crippen LogP contribution in [-0.4, -0.2) is 36.0 Å². The van der Waals surface area contributed by atoms with Gasteiger partial charge in [0.2, 0.25) is 6.79 Å². The van der Waals surface area contributed by atoms with Crippen LogP contribution in [0.2, 0.25) is 0 Å². The Bertz CT molecular complexity index is 1650. The van der Waals surface area contributed by atoms with E-state index in [4.69, 9.17) is 14.2 Å². The van der Waals surface area contributed by atoms with Crippen LogP contribution in [0.15, 0.2) is 47.3 Å². The average Bonchev–Trinajstić information content (AvgIpc) is 3.30. The second-order valence-electron chi connectivity index (χ2n) is 19.0. The van der Waals surface area contributed by atoms with Gasteiger partial charge in [0, 0.05) is 11.6 Å². The fraction of sp³-hybridized carbons (Fsp3) is 0.689. The van der Waals surface area contributed by atoms with Gasteiger partial charge in [-0.1, -0.05) is 46.8 Å². The van der Waals surface area contributed by atoms with Gasteiger partial charge in [0.15, 0.2) is 0 Å². The molecule has 1 aromatic rings. The lowest BCUT2D eigenvalue weighted by Gasteiger charge is -2.69. The summed E-state index contributed by atoms with van der Waals surface area (Å²) in [5.41, 5.74) is 1.79. The lowest BCUT2D eigenvalue weighted by molar-refractivity contribution is -0.229. The second-order valence-corrected chi connectivity index (χ2v) is 19.0. The fourth-order valence-electron chi connectivity index (χ4n) is 11.6. The number of rotatable bonds is 9. The highest BCUT2D eigenvalue weighted by molar-refractivity contribution is 5.90. The molecular weight excluding hydrogens is 674 g/mol. The third-order valence-corrected chi connectivity index (χ3v) is 14.5. The van der Waals surface area contributed by atoms with Gasteiger partial charge in [-0.2, -0.15) is 0 Å². The Hall–Kier alpha value is -3.00. The molecule has 0 spiro atoms. The first kappa shape index (κ1) is 41.2. The Kier molecular flexibility index (Phi) is 11.6. The summed E-state index contributed by atoms with van der Waals surface area (Å²) in [6.45, 7) is 26.2. The minimum atomic E-state index is -0.784. The van der Waals surface area contributed by atoms with Crippen molar-refractivity contribution in [2.75, 3.05) is 6.79 Å². The Morgan fingerprint density at radius 3 is 2.17 bits per heavy atom. The Labute approximate surface area is 316 Å². The number of aliphatic hydroxyl groups is 1. The molecule has 8 heteroatoms. The zero-order valence-corrected chi connectivity index (χ0v) is 34.1. The third-order valence-electron chi connectivity index (χ3n) is 14.5. The van der Waals surface area contributed by atoms with Crippen LogP contribution >= 0.6 is 0 Å². The van der Waals surface area contributed by atoms with Crippen molar-refractivity contribution in [1.29, 1.82) is 0 Å². The van der Waals surface area contributed by atoms with Crippen molar-refractivity contribution in [2.45, 2.75) is 140 Å². The number of carbonyl (C=O) groups excluding carboxylic acids is 2. The molecule has 10 atom stereocenters. The van der Waals surface area contributed by atoms with Crippen molar-refractivity contribution in [1.82, 2.24) is 0 Å². The van der Waals surface area contributed by atoms with Crippen LogP contribution in [0.1, 0.15) is 133 Å². The number of hydrogen-bond acceptors (Lipinski definition) is 6. The molecule has 53 heavy (non-hydrogen) atoms. The molecule has 4 aliphatic rings. The molecule has 0 aromatic heterocycles. The van der Waals surface area contributed by atoms with Gasteiger partial charge >= 0.3 is 11.9 Å². The SMILES string of the molecule is C=C(C)OC1C[C@@]2(C)[C@@H](C[C@@H](O)[C@H]3[C@@]4(C)CC[C@@H](C)[C@H](C)[C@@H]4CC[C@@]32C)/C1=C(\CCC(=C(C)C)c1cc(F)cc(F)c1)C(=O)OCOC(=O)C(C)(C)C. The predicted molar refractivity (Wildman–Crippen MR) is 204 cm³/mol. The van der Waals surface area contributed by atoms with E-state index in [0.29, 0.717) is 59.5 Å². The molecule has 0 saturated heterocycles. The maximum absolute atomic E-state index is 14.5. The summed E-state index contributed by atoms with van der Waals surface area (Å²) in [7, 11) is 0. The van der Waals surface area contributed by atoms with Crippen LogP contribution in [0.5, 0.6) is 0 Å². The summed E-state index contributed by atoms with van der Waals surface area (Å²) >= 11 is 0. The van der Waals surface area contributed by atoms with Crippen molar-refractivity contribution in [3.05, 3.63) is 64.5 Å². The number of allylic oxidation sites excluding steroid dienone is 3. The highest BCUT2D eigenvalue weighted by Crippen LogP contribution is 2.74. The lowest BCUT2D eigenvalue weighted by atomic mass is 9.36. The molecule has 0 amide bonds. The molecule has 0 aliphatic heterocycles. The van der Waals surface area contributed by atoms with Gasteiger partial charge in [-0.25, -0.2) is 13.6 Å². The number of esters is 2. The first-order valence-corrected chi connectivity index (χ1v) is 19.8. The predicted octanol–water partition coefficient (Wildman–Crippen LogP) is 10.7. The van der Waals surface area contributed by atoms with Crippen LogP contribution in [0.3, 0.4) is 0 Å². The van der Waals surface area contributed by atoms with Crippen molar-refractivity contribution in [3.63, 3.8) is 0 Å². The van der Waals surface area contributed by atoms with E-state index in [1.165, 1.54) is 12.1 Å². The molecule has 0 radical (unpaired) electrons. The first-order valence-electron chi connectivity index (χ1n) is 19.8. The molecule has 4 fully saturated rings. The number of carbonyl (C=O) groups is 2. The third kappa shape index (κ3) is 7.52. The molecule has 1 unspecified atom stereocenters. The summed E-state index contributed by atoms with van der Waals surface area (Å²) in [6, 6.07) is 3.47. The van der Waals surface area contributed by atoms with Gasteiger partial charge in [-0.3, -0.25) is 4.79 Å². The van der Waals surface area contributed by atoms with Gasteiger partial charge in [-0.15, -0.1) is 0 Å². The number of benzene rings is 1. The number of aliphatic hydroxyl groups excluding tert-OH is 1. The van der Waals surface area contributed by atoms with Crippen LogP contribution in [0, 0.1) is 62.9 Å². The molecule has 0 bridgehead atoms. The van der Waals surface area contributed by atoms with Crippen molar-refractivity contribution >= 4 is 17.5 Å². The molecule has 294 valence electrons. The molecule has 4 saturated carbocycles. The van der Waals surface area contributed by atoms with E-state index in [9.17, 15) is 23.5 Å². The van der Waals surface area contributed by atoms with E-state index < -0.39 is 48.0 Å². The summed E-state index contributed by atoms with van der Waals surface area (Å²) in [5.74, 6) is -0.309. The van der Waals surface area contributed by atoms with Crippen molar-refractivity contribution in [3.8, 4) is 0 Å². The van der Waals surface area contributed by atoms with Gasteiger partial charge in [-0.05, 0) is 168 Å². The maximum Gasteiger partial charge on any atom is 0.336 e. The molecule has 0 heterocycles. The van der Waals surface area contributed by atoms with E-state index in [0.717, 1.165) is 42.9 Å². The van der Waals surface area contributed by atoms with Gasteiger partial charge in [0.05, 0.1) is 17.3 Å². The summed E-state index contributed by atoms with van der Waals surface area (Å²) in [6.07, 6.45) is 4.84. The van der Waals surface area contributed by atoms with Crippen molar-refractivity contribution < 1.29 is 37.7 Å². The minimum Gasteiger partial charge on any atom is -0.491 e. The number of hydrogen-bond donors (Lipinski definition) is 1. The highest BCUT2D eigenvalue weighted by Gasteiger charge is 2.70. The first-order chi connectivity index (χ1) is 24.5. The standard InChI is InChI=1S/C45H64F2O6/c1-25(2)32(29-19-30(46)21-31(47)20-29)13-14-33(40(49)51-24-52-41(50)42(7,8)9)38-35-22-36(48)39-43(10)17-15-27(5)28(6)34(43)16-18-44(39,11)45(35,12)23-37(38)53-26(3)4/h19-21,27-28,34-37,39,48H,3,13-18,22-24H2,1-2,4-12H3/b38-33-/t27-,28+,34+,35+,36-,37?,39+,43+,44+,45+/m1/s1. The normalized spacial score (nSPS) is 36.0.